The van der Waals surface area contributed by atoms with Crippen LogP contribution in [0.15, 0.2) is 24.3 Å². The minimum absolute atomic E-state index is 0.641. The highest BCUT2D eigenvalue weighted by Crippen LogP contribution is 2.06. The normalized spacial score (nSPS) is 10.0. The molecular formula is C11H11N5. The lowest BCUT2D eigenvalue weighted by molar-refractivity contribution is 0.622. The van der Waals surface area contributed by atoms with E-state index in [1.165, 1.54) is 0 Å². The molecule has 5 nitrogen and oxygen atoms in total. The highest BCUT2D eigenvalue weighted by Gasteiger charge is 2.03. The van der Waals surface area contributed by atoms with E-state index in [1.807, 2.05) is 19.1 Å². The molecule has 1 aromatic heterocycles. The van der Waals surface area contributed by atoms with Crippen molar-refractivity contribution in [2.45, 2.75) is 19.9 Å². The van der Waals surface area contributed by atoms with Crippen molar-refractivity contribution in [2.75, 3.05) is 0 Å². The average molecular weight is 213 g/mol. The van der Waals surface area contributed by atoms with E-state index in [1.54, 1.807) is 16.8 Å². The molecule has 80 valence electrons. The van der Waals surface area contributed by atoms with E-state index in [0.717, 1.165) is 17.8 Å². The Morgan fingerprint density at radius 3 is 2.69 bits per heavy atom. The largest absolute Gasteiger partial charge is 0.225 e. The monoisotopic (exact) mass is 213 g/mol. The van der Waals surface area contributed by atoms with Crippen LogP contribution in [-0.4, -0.2) is 20.2 Å². The number of nitriles is 1. The fraction of sp³-hybridized carbons (Fsp3) is 0.273. The molecule has 0 saturated heterocycles. The number of benzene rings is 1. The molecule has 0 bridgehead atoms. The Morgan fingerprint density at radius 2 is 2.06 bits per heavy atom. The van der Waals surface area contributed by atoms with E-state index >= 15 is 0 Å². The number of aryl methyl sites for hydroxylation is 1. The van der Waals surface area contributed by atoms with E-state index in [9.17, 15) is 0 Å². The van der Waals surface area contributed by atoms with Gasteiger partial charge >= 0.3 is 0 Å². The van der Waals surface area contributed by atoms with E-state index in [-0.39, 0.29) is 0 Å². The molecule has 0 aliphatic rings. The number of hydrogen-bond donors (Lipinski definition) is 0. The van der Waals surface area contributed by atoms with Crippen LogP contribution in [-0.2, 0) is 13.0 Å². The van der Waals surface area contributed by atoms with Gasteiger partial charge in [0.2, 0.25) is 0 Å². The van der Waals surface area contributed by atoms with E-state index in [4.69, 9.17) is 5.26 Å². The lowest BCUT2D eigenvalue weighted by Gasteiger charge is -2.02. The Kier molecular flexibility index (Phi) is 2.92. The van der Waals surface area contributed by atoms with E-state index < -0.39 is 0 Å². The first-order valence-corrected chi connectivity index (χ1v) is 5.07. The van der Waals surface area contributed by atoms with Gasteiger partial charge in [0.25, 0.3) is 0 Å². The number of aromatic nitrogens is 4. The minimum Gasteiger partial charge on any atom is -0.225 e. The minimum atomic E-state index is 0.641. The second-order valence-electron chi connectivity index (χ2n) is 3.42. The first-order valence-electron chi connectivity index (χ1n) is 5.07. The smallest absolute Gasteiger partial charge is 0.151 e. The first kappa shape index (κ1) is 10.3. The zero-order valence-electron chi connectivity index (χ0n) is 8.96. The molecule has 0 aliphatic heterocycles. The van der Waals surface area contributed by atoms with Crippen LogP contribution < -0.4 is 0 Å². The molecule has 1 heterocycles. The third-order valence-corrected chi connectivity index (χ3v) is 2.34. The summed E-state index contributed by atoms with van der Waals surface area (Å²) in [5, 5.41) is 20.1. The molecule has 5 heteroatoms. The van der Waals surface area contributed by atoms with Crippen molar-refractivity contribution in [2.24, 2.45) is 0 Å². The van der Waals surface area contributed by atoms with Crippen molar-refractivity contribution in [3.63, 3.8) is 0 Å². The molecule has 0 radical (unpaired) electrons. The summed E-state index contributed by atoms with van der Waals surface area (Å²) in [6.45, 7) is 2.66. The zero-order valence-corrected chi connectivity index (χ0v) is 8.96. The molecule has 16 heavy (non-hydrogen) atoms. The molecule has 0 spiro atoms. The summed E-state index contributed by atoms with van der Waals surface area (Å²) in [5.41, 5.74) is 1.75. The Morgan fingerprint density at radius 1 is 1.31 bits per heavy atom. The van der Waals surface area contributed by atoms with Gasteiger partial charge in [-0.1, -0.05) is 19.1 Å². The van der Waals surface area contributed by atoms with Crippen molar-refractivity contribution in [3.05, 3.63) is 41.2 Å². The number of hydrogen-bond acceptors (Lipinski definition) is 4. The van der Waals surface area contributed by atoms with Crippen LogP contribution in [0.4, 0.5) is 0 Å². The Balaban J connectivity index is 2.18. The lowest BCUT2D eigenvalue weighted by atomic mass is 10.1. The third kappa shape index (κ3) is 2.06. The standard InChI is InChI=1S/C11H11N5/c1-2-11-13-14-15-16(11)8-10-5-3-9(7-12)4-6-10/h3-6H,2,8H2,1H3. The van der Waals surface area contributed by atoms with Crippen molar-refractivity contribution >= 4 is 0 Å². The van der Waals surface area contributed by atoms with Crippen molar-refractivity contribution in [1.82, 2.24) is 20.2 Å². The molecule has 0 atom stereocenters. The van der Waals surface area contributed by atoms with Crippen LogP contribution in [0.5, 0.6) is 0 Å². The van der Waals surface area contributed by atoms with Gasteiger partial charge in [-0.25, -0.2) is 4.68 Å². The first-order chi connectivity index (χ1) is 7.83. The third-order valence-electron chi connectivity index (χ3n) is 2.34. The predicted molar refractivity (Wildman–Crippen MR) is 57.5 cm³/mol. The maximum Gasteiger partial charge on any atom is 0.151 e. The fourth-order valence-corrected chi connectivity index (χ4v) is 1.46. The SMILES string of the molecule is CCc1nnnn1Cc1ccc(C#N)cc1. The summed E-state index contributed by atoms with van der Waals surface area (Å²) >= 11 is 0. The summed E-state index contributed by atoms with van der Waals surface area (Å²) in [4.78, 5) is 0. The lowest BCUT2D eigenvalue weighted by Crippen LogP contribution is -2.06. The summed E-state index contributed by atoms with van der Waals surface area (Å²) in [6, 6.07) is 9.52. The molecule has 0 saturated carbocycles. The molecule has 0 unspecified atom stereocenters. The van der Waals surface area contributed by atoms with Crippen LogP contribution in [0.3, 0.4) is 0 Å². The molecule has 0 aliphatic carbocycles. The van der Waals surface area contributed by atoms with E-state index in [2.05, 4.69) is 21.6 Å². The maximum absolute atomic E-state index is 8.68. The second-order valence-corrected chi connectivity index (χ2v) is 3.42. The average Bonchev–Trinajstić information content (AvgIpc) is 2.77. The zero-order chi connectivity index (χ0) is 11.4. The van der Waals surface area contributed by atoms with Crippen molar-refractivity contribution < 1.29 is 0 Å². The fourth-order valence-electron chi connectivity index (χ4n) is 1.46. The maximum atomic E-state index is 8.68. The number of nitrogens with zero attached hydrogens (tertiary/aromatic N) is 5. The Labute approximate surface area is 93.3 Å². The van der Waals surface area contributed by atoms with Gasteiger partial charge in [0, 0.05) is 6.42 Å². The van der Waals surface area contributed by atoms with Crippen molar-refractivity contribution in [1.29, 1.82) is 5.26 Å². The van der Waals surface area contributed by atoms with Gasteiger partial charge in [0.15, 0.2) is 5.82 Å². The summed E-state index contributed by atoms with van der Waals surface area (Å²) in [6.07, 6.45) is 0.809. The molecule has 0 amide bonds. The number of tetrazole rings is 1. The highest BCUT2D eigenvalue weighted by molar-refractivity contribution is 5.31. The van der Waals surface area contributed by atoms with Crippen molar-refractivity contribution in [3.8, 4) is 6.07 Å². The predicted octanol–water partition coefficient (Wildman–Crippen LogP) is 1.16. The van der Waals surface area contributed by atoms with Gasteiger partial charge in [-0.2, -0.15) is 5.26 Å². The molecule has 1 aromatic carbocycles. The van der Waals surface area contributed by atoms with Crippen LogP contribution in [0.25, 0.3) is 0 Å². The molecule has 2 rings (SSSR count). The Bertz CT molecular complexity index is 506. The molecule has 0 fully saturated rings. The van der Waals surface area contributed by atoms with Gasteiger partial charge in [-0.05, 0) is 28.1 Å². The van der Waals surface area contributed by atoms with Gasteiger partial charge in [-0.3, -0.25) is 0 Å². The number of rotatable bonds is 3. The summed E-state index contributed by atoms with van der Waals surface area (Å²) < 4.78 is 1.77. The topological polar surface area (TPSA) is 67.4 Å². The van der Waals surface area contributed by atoms with Gasteiger partial charge < -0.3 is 0 Å². The van der Waals surface area contributed by atoms with Crippen LogP contribution in [0.1, 0.15) is 23.9 Å². The van der Waals surface area contributed by atoms with Gasteiger partial charge in [-0.15, -0.1) is 5.10 Å². The molecule has 2 aromatic rings. The molecule has 0 N–H and O–H groups in total. The highest BCUT2D eigenvalue weighted by atomic mass is 15.5. The summed E-state index contributed by atoms with van der Waals surface area (Å²) in [5.74, 6) is 0.865. The molecular weight excluding hydrogens is 202 g/mol. The second kappa shape index (κ2) is 4.53. The van der Waals surface area contributed by atoms with Crippen LogP contribution >= 0.6 is 0 Å². The van der Waals surface area contributed by atoms with Gasteiger partial charge in [0.1, 0.15) is 0 Å². The van der Waals surface area contributed by atoms with Gasteiger partial charge in [0.05, 0.1) is 18.2 Å². The van der Waals surface area contributed by atoms with Crippen LogP contribution in [0.2, 0.25) is 0 Å². The van der Waals surface area contributed by atoms with Crippen LogP contribution in [0, 0.1) is 11.3 Å². The summed E-state index contributed by atoms with van der Waals surface area (Å²) in [7, 11) is 0. The Hall–Kier alpha value is -2.22. The van der Waals surface area contributed by atoms with E-state index in [0.29, 0.717) is 12.1 Å². The quantitative estimate of drug-likeness (QED) is 0.767.